The van der Waals surface area contributed by atoms with Gasteiger partial charge in [-0.3, -0.25) is 9.59 Å². The summed E-state index contributed by atoms with van der Waals surface area (Å²) in [4.78, 5) is 25.7. The van der Waals surface area contributed by atoms with Crippen LogP contribution >= 0.6 is 11.3 Å². The minimum absolute atomic E-state index is 0.0496. The summed E-state index contributed by atoms with van der Waals surface area (Å²) in [5.41, 5.74) is 0.106. The number of hydrogen-bond acceptors (Lipinski definition) is 5. The van der Waals surface area contributed by atoms with Gasteiger partial charge in [0.25, 0.3) is 15.9 Å². The zero-order valence-electron chi connectivity index (χ0n) is 13.8. The van der Waals surface area contributed by atoms with Crippen molar-refractivity contribution in [1.82, 2.24) is 9.62 Å². The van der Waals surface area contributed by atoms with Crippen LogP contribution < -0.4 is 5.32 Å². The molecule has 0 bridgehead atoms. The van der Waals surface area contributed by atoms with Gasteiger partial charge in [0.2, 0.25) is 5.91 Å². The fourth-order valence-electron chi connectivity index (χ4n) is 2.77. The van der Waals surface area contributed by atoms with Crippen LogP contribution in [-0.2, 0) is 14.8 Å². The lowest BCUT2D eigenvalue weighted by molar-refractivity contribution is -0.122. The van der Waals surface area contributed by atoms with Crippen molar-refractivity contribution >= 4 is 33.2 Å². The van der Waals surface area contributed by atoms with E-state index in [2.05, 4.69) is 5.32 Å². The highest BCUT2D eigenvalue weighted by Crippen LogP contribution is 2.30. The number of rotatable bonds is 5. The lowest BCUT2D eigenvalue weighted by Crippen LogP contribution is -2.42. The maximum Gasteiger partial charge on any atom is 0.269 e. The van der Waals surface area contributed by atoms with E-state index in [1.807, 2.05) is 31.4 Å². The smallest absolute Gasteiger partial charge is 0.269 e. The van der Waals surface area contributed by atoms with Gasteiger partial charge < -0.3 is 5.32 Å². The number of nitrogens with zero attached hydrogens (tertiary/aromatic N) is 1. The molecule has 1 aromatic heterocycles. The van der Waals surface area contributed by atoms with Gasteiger partial charge in [0.1, 0.15) is 11.4 Å². The highest BCUT2D eigenvalue weighted by molar-refractivity contribution is 7.90. The highest BCUT2D eigenvalue weighted by Gasteiger charge is 2.42. The molecule has 1 atom stereocenters. The molecule has 1 aliphatic heterocycles. The van der Waals surface area contributed by atoms with E-state index in [-0.39, 0.29) is 22.4 Å². The minimum atomic E-state index is -3.97. The summed E-state index contributed by atoms with van der Waals surface area (Å²) in [5.74, 6) is -1.04. The first kappa shape index (κ1) is 17.6. The zero-order chi connectivity index (χ0) is 18.2. The maximum atomic E-state index is 12.5. The van der Waals surface area contributed by atoms with Crippen molar-refractivity contribution in [2.75, 3.05) is 6.54 Å². The summed E-state index contributed by atoms with van der Waals surface area (Å²) in [5, 5.41) is 4.76. The predicted molar refractivity (Wildman–Crippen MR) is 94.7 cm³/mol. The Morgan fingerprint density at radius 2 is 1.92 bits per heavy atom. The molecule has 1 unspecified atom stereocenters. The number of sulfonamides is 1. The fraction of sp³-hybridized carbons (Fsp3) is 0.294. The minimum Gasteiger partial charge on any atom is -0.347 e. The number of hydrogen-bond donors (Lipinski definition) is 1. The van der Waals surface area contributed by atoms with Crippen LogP contribution in [0, 0.1) is 5.92 Å². The number of fused-ring (bicyclic) bond motifs is 1. The third kappa shape index (κ3) is 3.19. The van der Waals surface area contributed by atoms with E-state index in [9.17, 15) is 18.0 Å². The summed E-state index contributed by atoms with van der Waals surface area (Å²) < 4.78 is 25.6. The average molecular weight is 378 g/mol. The van der Waals surface area contributed by atoms with Gasteiger partial charge in [-0.1, -0.05) is 32.0 Å². The van der Waals surface area contributed by atoms with E-state index in [0.29, 0.717) is 4.31 Å². The SMILES string of the molecule is CC(C)C(NC(=O)CN1C(=O)c2ccccc2S1(=O)=O)c1cccs1. The van der Waals surface area contributed by atoms with Gasteiger partial charge in [-0.05, 0) is 29.5 Å². The maximum absolute atomic E-state index is 12.5. The van der Waals surface area contributed by atoms with E-state index in [1.54, 1.807) is 12.1 Å². The van der Waals surface area contributed by atoms with Crippen molar-refractivity contribution in [1.29, 1.82) is 0 Å². The molecular weight excluding hydrogens is 360 g/mol. The van der Waals surface area contributed by atoms with E-state index in [0.717, 1.165) is 4.88 Å². The standard InChI is InChI=1S/C17H18N2O4S2/c1-11(2)16(13-7-5-9-24-13)18-15(20)10-19-17(21)12-6-3-4-8-14(12)25(19,22)23/h3-9,11,16H,10H2,1-2H3,(H,18,20). The van der Waals surface area contributed by atoms with Crippen LogP contribution in [0.4, 0.5) is 0 Å². The van der Waals surface area contributed by atoms with E-state index >= 15 is 0 Å². The summed E-state index contributed by atoms with van der Waals surface area (Å²) in [6.07, 6.45) is 0. The second-order valence-corrected chi connectivity index (χ2v) is 8.93. The van der Waals surface area contributed by atoms with Crippen LogP contribution in [0.5, 0.6) is 0 Å². The van der Waals surface area contributed by atoms with Crippen molar-refractivity contribution in [2.45, 2.75) is 24.8 Å². The van der Waals surface area contributed by atoms with Gasteiger partial charge >= 0.3 is 0 Å². The molecule has 132 valence electrons. The monoisotopic (exact) mass is 378 g/mol. The van der Waals surface area contributed by atoms with Crippen LogP contribution in [-0.4, -0.2) is 31.1 Å². The first-order valence-electron chi connectivity index (χ1n) is 7.81. The van der Waals surface area contributed by atoms with Gasteiger partial charge in [0, 0.05) is 4.88 Å². The number of nitrogens with one attached hydrogen (secondary N) is 1. The van der Waals surface area contributed by atoms with Gasteiger partial charge in [0.05, 0.1) is 11.6 Å². The molecule has 6 nitrogen and oxygen atoms in total. The van der Waals surface area contributed by atoms with Gasteiger partial charge in [0.15, 0.2) is 0 Å². The zero-order valence-corrected chi connectivity index (χ0v) is 15.4. The molecule has 25 heavy (non-hydrogen) atoms. The topological polar surface area (TPSA) is 83.6 Å². The summed E-state index contributed by atoms with van der Waals surface area (Å²) in [7, 11) is -3.97. The molecule has 0 saturated heterocycles. The quantitative estimate of drug-likeness (QED) is 0.866. The summed E-state index contributed by atoms with van der Waals surface area (Å²) >= 11 is 1.52. The van der Waals surface area contributed by atoms with Gasteiger partial charge in [-0.2, -0.15) is 0 Å². The number of amides is 2. The lowest BCUT2D eigenvalue weighted by Gasteiger charge is -2.23. The molecule has 2 heterocycles. The molecular formula is C17H18N2O4S2. The molecule has 0 radical (unpaired) electrons. The Hall–Kier alpha value is -2.19. The van der Waals surface area contributed by atoms with Crippen molar-refractivity contribution in [3.8, 4) is 0 Å². The second kappa shape index (κ2) is 6.61. The summed E-state index contributed by atoms with van der Waals surface area (Å²) in [6, 6.07) is 9.57. The van der Waals surface area contributed by atoms with E-state index in [1.165, 1.54) is 23.5 Å². The Balaban J connectivity index is 1.79. The molecule has 0 fully saturated rings. The van der Waals surface area contributed by atoms with Crippen molar-refractivity contribution in [3.63, 3.8) is 0 Å². The summed E-state index contributed by atoms with van der Waals surface area (Å²) in [6.45, 7) is 3.42. The number of carbonyl (C=O) groups excluding carboxylic acids is 2. The number of carbonyl (C=O) groups is 2. The Morgan fingerprint density at radius 1 is 1.20 bits per heavy atom. The Kier molecular flexibility index (Phi) is 4.66. The van der Waals surface area contributed by atoms with Crippen LogP contribution in [0.2, 0.25) is 0 Å². The fourth-order valence-corrected chi connectivity index (χ4v) is 5.25. The molecule has 3 rings (SSSR count). The lowest BCUT2D eigenvalue weighted by atomic mass is 10.0. The molecule has 0 aliphatic carbocycles. The van der Waals surface area contributed by atoms with Crippen molar-refractivity contribution < 1.29 is 18.0 Å². The molecule has 1 aromatic carbocycles. The average Bonchev–Trinajstić information content (AvgIpc) is 3.15. The predicted octanol–water partition coefficient (Wildman–Crippen LogP) is 2.41. The first-order chi connectivity index (χ1) is 11.8. The first-order valence-corrected chi connectivity index (χ1v) is 10.1. The Labute approximate surface area is 150 Å². The third-order valence-electron chi connectivity index (χ3n) is 4.03. The molecule has 0 spiro atoms. The van der Waals surface area contributed by atoms with Crippen LogP contribution in [0.25, 0.3) is 0 Å². The molecule has 0 saturated carbocycles. The number of benzene rings is 1. The van der Waals surface area contributed by atoms with Gasteiger partial charge in [-0.25, -0.2) is 12.7 Å². The molecule has 1 N–H and O–H groups in total. The third-order valence-corrected chi connectivity index (χ3v) is 6.77. The number of thiophene rings is 1. The Bertz CT molecular complexity index is 904. The van der Waals surface area contributed by atoms with Crippen molar-refractivity contribution in [3.05, 3.63) is 52.2 Å². The molecule has 1 aliphatic rings. The Morgan fingerprint density at radius 3 is 2.52 bits per heavy atom. The normalized spacial score (nSPS) is 16.8. The van der Waals surface area contributed by atoms with Crippen LogP contribution in [0.3, 0.4) is 0 Å². The molecule has 2 amide bonds. The molecule has 8 heteroatoms. The van der Waals surface area contributed by atoms with E-state index < -0.39 is 28.4 Å². The largest absolute Gasteiger partial charge is 0.347 e. The second-order valence-electron chi connectivity index (χ2n) is 6.12. The molecule has 2 aromatic rings. The van der Waals surface area contributed by atoms with Crippen LogP contribution in [0.15, 0.2) is 46.7 Å². The van der Waals surface area contributed by atoms with Crippen LogP contribution in [0.1, 0.15) is 35.1 Å². The van der Waals surface area contributed by atoms with E-state index in [4.69, 9.17) is 0 Å². The van der Waals surface area contributed by atoms with Crippen molar-refractivity contribution in [2.24, 2.45) is 5.92 Å². The highest BCUT2D eigenvalue weighted by atomic mass is 32.2. The van der Waals surface area contributed by atoms with Gasteiger partial charge in [-0.15, -0.1) is 11.3 Å².